The maximum absolute atomic E-state index is 2.58. The smallest absolute Gasteiger partial charge is 0.209 e. The van der Waals surface area contributed by atoms with Crippen molar-refractivity contribution in [2.45, 2.75) is 97.8 Å². The van der Waals surface area contributed by atoms with Crippen molar-refractivity contribution in [3.8, 4) is 0 Å². The van der Waals surface area contributed by atoms with Crippen LogP contribution in [0.5, 0.6) is 0 Å². The van der Waals surface area contributed by atoms with Gasteiger partial charge < -0.3 is 4.90 Å². The van der Waals surface area contributed by atoms with Crippen LogP contribution in [0.2, 0.25) is 0 Å². The largest absolute Gasteiger partial charge is 0.344 e. The molecule has 0 bridgehead atoms. The molecule has 0 saturated carbocycles. The lowest BCUT2D eigenvalue weighted by Gasteiger charge is -2.27. The highest BCUT2D eigenvalue weighted by Gasteiger charge is 2.44. The Morgan fingerprint density at radius 2 is 1.50 bits per heavy atom. The molecule has 2 heterocycles. The van der Waals surface area contributed by atoms with Crippen LogP contribution in [0, 0.1) is 0 Å². The minimum absolute atomic E-state index is 0.0159. The molecule has 0 N–H and O–H groups in total. The number of nitrogens with zero attached hydrogens (tertiary/aromatic N) is 2. The number of hydrogen-bond acceptors (Lipinski definition) is 1. The summed E-state index contributed by atoms with van der Waals surface area (Å²) in [4.78, 5) is 2.58. The lowest BCUT2D eigenvalue weighted by Crippen LogP contribution is -2.28. The summed E-state index contributed by atoms with van der Waals surface area (Å²) >= 11 is 0. The first kappa shape index (κ1) is 28.4. The zero-order valence-corrected chi connectivity index (χ0v) is 26.0. The van der Waals surface area contributed by atoms with Gasteiger partial charge in [-0.3, -0.25) is 0 Å². The number of allylic oxidation sites excluding steroid dienone is 8. The highest BCUT2D eigenvalue weighted by Crippen LogP contribution is 2.48. The molecule has 0 fully saturated rings. The van der Waals surface area contributed by atoms with Gasteiger partial charge in [0.1, 0.15) is 6.54 Å². The third kappa shape index (κ3) is 4.95. The van der Waals surface area contributed by atoms with Crippen molar-refractivity contribution in [2.75, 3.05) is 18.0 Å². The average molecular weight is 534 g/mol. The molecule has 2 aromatic rings. The van der Waals surface area contributed by atoms with Gasteiger partial charge in [-0.05, 0) is 74.5 Å². The van der Waals surface area contributed by atoms with Crippen molar-refractivity contribution in [3.05, 3.63) is 106 Å². The molecule has 0 atom stereocenters. The molecular formula is C38H49N2+. The Hall–Kier alpha value is -3.13. The lowest BCUT2D eigenvalue weighted by atomic mass is 9.81. The predicted molar refractivity (Wildman–Crippen MR) is 173 cm³/mol. The second kappa shape index (κ2) is 11.4. The molecule has 0 amide bonds. The normalized spacial score (nSPS) is 21.4. The van der Waals surface area contributed by atoms with Gasteiger partial charge in [-0.1, -0.05) is 89.1 Å². The van der Waals surface area contributed by atoms with Gasteiger partial charge in [-0.15, -0.1) is 0 Å². The summed E-state index contributed by atoms with van der Waals surface area (Å²) in [5.74, 6) is 0. The highest BCUT2D eigenvalue weighted by atomic mass is 15.2. The van der Waals surface area contributed by atoms with Crippen molar-refractivity contribution in [1.29, 1.82) is 0 Å². The average Bonchev–Trinajstić information content (AvgIpc) is 3.48. The van der Waals surface area contributed by atoms with Gasteiger partial charge in [-0.25, -0.2) is 0 Å². The zero-order valence-electron chi connectivity index (χ0n) is 26.0. The van der Waals surface area contributed by atoms with E-state index < -0.39 is 0 Å². The summed E-state index contributed by atoms with van der Waals surface area (Å²) in [6, 6.07) is 18.0. The Kier molecular flexibility index (Phi) is 8.09. The van der Waals surface area contributed by atoms with Crippen LogP contribution in [0.15, 0.2) is 95.3 Å². The number of anilines is 1. The number of para-hydroxylation sites is 2. The Balaban J connectivity index is 1.45. The van der Waals surface area contributed by atoms with Gasteiger partial charge in [-0.2, -0.15) is 4.58 Å². The summed E-state index contributed by atoms with van der Waals surface area (Å²) in [5.41, 5.74) is 13.0. The van der Waals surface area contributed by atoms with Gasteiger partial charge in [0.2, 0.25) is 5.69 Å². The van der Waals surface area contributed by atoms with Crippen LogP contribution in [0.4, 0.5) is 11.4 Å². The number of rotatable bonds is 9. The van der Waals surface area contributed by atoms with Crippen LogP contribution in [0.25, 0.3) is 0 Å². The van der Waals surface area contributed by atoms with Crippen molar-refractivity contribution in [3.63, 3.8) is 0 Å². The first-order valence-electron chi connectivity index (χ1n) is 15.6. The Bertz CT molecular complexity index is 1420. The molecule has 2 heteroatoms. The highest BCUT2D eigenvalue weighted by molar-refractivity contribution is 6.03. The van der Waals surface area contributed by atoms with Crippen molar-refractivity contribution < 1.29 is 4.58 Å². The van der Waals surface area contributed by atoms with Crippen molar-refractivity contribution in [1.82, 2.24) is 0 Å². The molecule has 2 aromatic carbocycles. The first-order valence-corrected chi connectivity index (χ1v) is 15.6. The molecule has 0 unspecified atom stereocenters. The van der Waals surface area contributed by atoms with E-state index in [0.29, 0.717) is 0 Å². The van der Waals surface area contributed by atoms with E-state index in [0.717, 1.165) is 25.9 Å². The topological polar surface area (TPSA) is 6.25 Å². The summed E-state index contributed by atoms with van der Waals surface area (Å²) in [7, 11) is 0. The monoisotopic (exact) mass is 533 g/mol. The maximum Gasteiger partial charge on any atom is 0.209 e. The third-order valence-electron chi connectivity index (χ3n) is 9.58. The minimum Gasteiger partial charge on any atom is -0.344 e. The molecule has 3 aliphatic rings. The lowest BCUT2D eigenvalue weighted by molar-refractivity contribution is -0.438. The van der Waals surface area contributed by atoms with E-state index in [4.69, 9.17) is 0 Å². The van der Waals surface area contributed by atoms with Crippen LogP contribution in [0.1, 0.15) is 98.1 Å². The van der Waals surface area contributed by atoms with E-state index in [1.807, 2.05) is 0 Å². The number of benzene rings is 2. The molecule has 0 spiro atoms. The maximum atomic E-state index is 2.58. The fourth-order valence-electron chi connectivity index (χ4n) is 7.02. The molecule has 0 saturated heterocycles. The van der Waals surface area contributed by atoms with E-state index in [9.17, 15) is 0 Å². The summed E-state index contributed by atoms with van der Waals surface area (Å²) in [6.07, 6.45) is 16.8. The van der Waals surface area contributed by atoms with E-state index in [2.05, 4.69) is 131 Å². The van der Waals surface area contributed by atoms with Gasteiger partial charge >= 0.3 is 0 Å². The second-order valence-electron chi connectivity index (χ2n) is 12.9. The van der Waals surface area contributed by atoms with Crippen molar-refractivity contribution >= 4 is 17.1 Å². The molecule has 0 aromatic heterocycles. The molecule has 210 valence electrons. The molecular weight excluding hydrogens is 484 g/mol. The molecule has 40 heavy (non-hydrogen) atoms. The molecule has 2 nitrogen and oxygen atoms in total. The van der Waals surface area contributed by atoms with Gasteiger partial charge in [0.25, 0.3) is 0 Å². The number of unbranched alkanes of at least 4 members (excludes halogenated alkanes) is 2. The number of fused-ring (bicyclic) bond motifs is 2. The summed E-state index contributed by atoms with van der Waals surface area (Å²) in [5, 5.41) is 0. The van der Waals surface area contributed by atoms with Gasteiger partial charge in [0, 0.05) is 47.5 Å². The standard InChI is InChI=1S/C38H49N2/c1-8-10-26-39-33-18-14-12-16-31(33)37(4,5)35(39)24-22-29-20-21-30(28(29)3)23-25-36-38(6,7)32-17-13-15-19-34(32)40(36)27-11-9-2/h12-19,22-25H,8-11,20-21,26-27H2,1-7H3/q+1. The van der Waals surface area contributed by atoms with E-state index in [-0.39, 0.29) is 10.8 Å². The van der Waals surface area contributed by atoms with Crippen molar-refractivity contribution in [2.24, 2.45) is 0 Å². The predicted octanol–water partition coefficient (Wildman–Crippen LogP) is 9.94. The number of hydrogen-bond donors (Lipinski definition) is 0. The molecule has 2 aliphatic heterocycles. The Labute approximate surface area is 243 Å². The fourth-order valence-corrected chi connectivity index (χ4v) is 7.02. The van der Waals surface area contributed by atoms with E-state index in [1.54, 1.807) is 0 Å². The fraction of sp³-hybridized carbons (Fsp3) is 0.447. The molecule has 0 radical (unpaired) electrons. The van der Waals surface area contributed by atoms with E-state index >= 15 is 0 Å². The quantitative estimate of drug-likeness (QED) is 0.291. The van der Waals surface area contributed by atoms with Crippen LogP contribution >= 0.6 is 0 Å². The van der Waals surface area contributed by atoms with E-state index in [1.165, 1.54) is 76.3 Å². The Morgan fingerprint density at radius 1 is 0.800 bits per heavy atom. The Morgan fingerprint density at radius 3 is 2.25 bits per heavy atom. The zero-order chi connectivity index (χ0) is 28.5. The van der Waals surface area contributed by atoms with Crippen LogP contribution in [-0.4, -0.2) is 23.4 Å². The van der Waals surface area contributed by atoms with Crippen LogP contribution < -0.4 is 4.90 Å². The van der Waals surface area contributed by atoms with Gasteiger partial charge in [0.15, 0.2) is 5.71 Å². The minimum atomic E-state index is 0.0159. The SMILES string of the molecule is CCCCN1/C(=C/C=C2\CCC(/C=C/C3=[N+](CCCC)c4ccccc4C3(C)C)=C2C)C(C)(C)c2ccccc21. The molecule has 1 aliphatic carbocycles. The summed E-state index contributed by atoms with van der Waals surface area (Å²) in [6.45, 7) is 18.6. The van der Waals surface area contributed by atoms with Crippen LogP contribution in [-0.2, 0) is 10.8 Å². The third-order valence-corrected chi connectivity index (χ3v) is 9.58. The second-order valence-corrected chi connectivity index (χ2v) is 12.9. The van der Waals surface area contributed by atoms with Crippen LogP contribution in [0.3, 0.4) is 0 Å². The van der Waals surface area contributed by atoms with Gasteiger partial charge in [0.05, 0.1) is 5.41 Å². The summed E-state index contributed by atoms with van der Waals surface area (Å²) < 4.78 is 2.58. The molecule has 5 rings (SSSR count). The first-order chi connectivity index (χ1) is 19.2.